The Bertz CT molecular complexity index is 1110. The molecule has 7 nitrogen and oxygen atoms in total. The van der Waals surface area contributed by atoms with Crippen molar-refractivity contribution in [2.24, 2.45) is 0 Å². The average molecular weight is 464 g/mol. The molecule has 3 aromatic rings. The van der Waals surface area contributed by atoms with Crippen LogP contribution in [0.5, 0.6) is 0 Å². The van der Waals surface area contributed by atoms with Crippen molar-refractivity contribution in [3.63, 3.8) is 0 Å². The number of ether oxygens (including phenoxy) is 2. The Morgan fingerprint density at radius 1 is 1.12 bits per heavy atom. The van der Waals surface area contributed by atoms with Gasteiger partial charge in [-0.15, -0.1) is 0 Å². The van der Waals surface area contributed by atoms with Crippen LogP contribution in [0.25, 0.3) is 16.9 Å². The van der Waals surface area contributed by atoms with Crippen molar-refractivity contribution in [2.45, 2.75) is 50.9 Å². The van der Waals surface area contributed by atoms with Crippen LogP contribution in [0.2, 0.25) is 0 Å². The number of methoxy groups -OCH3 is 1. The van der Waals surface area contributed by atoms with E-state index in [0.717, 1.165) is 28.2 Å². The monoisotopic (exact) mass is 463 g/mol. The lowest BCUT2D eigenvalue weighted by Gasteiger charge is -2.37. The molecule has 0 radical (unpaired) electrons. The Labute approximate surface area is 200 Å². The predicted molar refractivity (Wildman–Crippen MR) is 131 cm³/mol. The molecule has 4 rings (SSSR count). The van der Waals surface area contributed by atoms with Crippen molar-refractivity contribution >= 4 is 6.09 Å². The zero-order valence-electron chi connectivity index (χ0n) is 20.3. The summed E-state index contributed by atoms with van der Waals surface area (Å²) in [4.78, 5) is 13.4. The Balaban J connectivity index is 1.68. The van der Waals surface area contributed by atoms with Gasteiger partial charge in [-0.3, -0.25) is 0 Å². The number of carbonyl (C=O) groups is 1. The molecule has 0 saturated heterocycles. The van der Waals surface area contributed by atoms with E-state index < -0.39 is 5.60 Å². The molecule has 1 heterocycles. The van der Waals surface area contributed by atoms with Gasteiger partial charge in [0.25, 0.3) is 0 Å². The third kappa shape index (κ3) is 4.86. The fourth-order valence-electron chi connectivity index (χ4n) is 4.46. The summed E-state index contributed by atoms with van der Waals surface area (Å²) in [6.45, 7) is 2.07. The summed E-state index contributed by atoms with van der Waals surface area (Å²) >= 11 is 0. The van der Waals surface area contributed by atoms with Gasteiger partial charge in [-0.25, -0.2) is 9.48 Å². The maximum Gasteiger partial charge on any atom is 0.409 e. The molecule has 0 unspecified atom stereocenters. The molecule has 2 aromatic carbocycles. The summed E-state index contributed by atoms with van der Waals surface area (Å²) in [6, 6.07) is 18.3. The maximum absolute atomic E-state index is 12.0. The molecular formula is C27H33N3O4. The second-order valence-corrected chi connectivity index (χ2v) is 9.19. The van der Waals surface area contributed by atoms with E-state index in [0.29, 0.717) is 25.7 Å². The lowest BCUT2D eigenvalue weighted by molar-refractivity contribution is -0.0756. The van der Waals surface area contributed by atoms with Crippen LogP contribution in [0.4, 0.5) is 4.79 Å². The van der Waals surface area contributed by atoms with E-state index in [1.54, 1.807) is 21.2 Å². The number of amides is 1. The lowest BCUT2D eigenvalue weighted by atomic mass is 9.80. The van der Waals surface area contributed by atoms with Crippen LogP contribution in [0.3, 0.4) is 0 Å². The minimum Gasteiger partial charge on any atom is -0.446 e. The molecule has 1 aromatic heterocycles. The molecule has 7 heteroatoms. The molecule has 1 aliphatic rings. The van der Waals surface area contributed by atoms with Crippen molar-refractivity contribution in [3.05, 3.63) is 71.4 Å². The highest BCUT2D eigenvalue weighted by Crippen LogP contribution is 2.42. The molecule has 0 bridgehead atoms. The molecule has 1 amide bonds. The van der Waals surface area contributed by atoms with Crippen LogP contribution >= 0.6 is 0 Å². The van der Waals surface area contributed by atoms with Crippen LogP contribution in [-0.4, -0.2) is 53.2 Å². The van der Waals surface area contributed by atoms with Crippen LogP contribution in [0.15, 0.2) is 54.6 Å². The summed E-state index contributed by atoms with van der Waals surface area (Å²) in [7, 11) is 5.11. The lowest BCUT2D eigenvalue weighted by Crippen LogP contribution is -2.38. The molecule has 1 aliphatic carbocycles. The van der Waals surface area contributed by atoms with Gasteiger partial charge in [-0.2, -0.15) is 5.10 Å². The standard InChI is InChI=1S/C27H33N3O4/c1-19-5-9-21(10-6-19)24-17-25(28-30(24)22-11-7-20(18-31)8-12-22)27(33-4)15-13-23(14-16-27)34-26(32)29(2)3/h5-12,17,23,31H,13-16,18H2,1-4H3. The molecule has 0 aliphatic heterocycles. The van der Waals surface area contributed by atoms with Gasteiger partial charge >= 0.3 is 6.09 Å². The summed E-state index contributed by atoms with van der Waals surface area (Å²) < 4.78 is 13.7. The van der Waals surface area contributed by atoms with Crippen molar-refractivity contribution in [1.82, 2.24) is 14.7 Å². The van der Waals surface area contributed by atoms with Crippen LogP contribution in [0.1, 0.15) is 42.5 Å². The smallest absolute Gasteiger partial charge is 0.409 e. The highest BCUT2D eigenvalue weighted by molar-refractivity contribution is 5.67. The van der Waals surface area contributed by atoms with E-state index >= 15 is 0 Å². The number of aliphatic hydroxyl groups is 1. The van der Waals surface area contributed by atoms with E-state index in [2.05, 4.69) is 37.3 Å². The Morgan fingerprint density at radius 2 is 1.76 bits per heavy atom. The molecule has 1 fully saturated rings. The van der Waals surface area contributed by atoms with Gasteiger partial charge in [-0.1, -0.05) is 42.0 Å². The number of aryl methyl sites for hydroxylation is 1. The van der Waals surface area contributed by atoms with Gasteiger partial charge in [0.15, 0.2) is 0 Å². The summed E-state index contributed by atoms with van der Waals surface area (Å²) in [6.07, 6.45) is 2.41. The predicted octanol–water partition coefficient (Wildman–Crippen LogP) is 4.82. The van der Waals surface area contributed by atoms with Crippen LogP contribution in [0, 0.1) is 6.92 Å². The minimum absolute atomic E-state index is 0.00179. The van der Waals surface area contributed by atoms with E-state index in [-0.39, 0.29) is 18.8 Å². The number of carbonyl (C=O) groups excluding carboxylic acids is 1. The highest BCUT2D eigenvalue weighted by atomic mass is 16.6. The van der Waals surface area contributed by atoms with Crippen molar-refractivity contribution in [3.8, 4) is 16.9 Å². The number of aliphatic hydroxyl groups excluding tert-OH is 1. The fourth-order valence-corrected chi connectivity index (χ4v) is 4.46. The third-order valence-electron chi connectivity index (χ3n) is 6.65. The average Bonchev–Trinajstić information content (AvgIpc) is 3.31. The zero-order chi connectivity index (χ0) is 24.3. The quantitative estimate of drug-likeness (QED) is 0.567. The van der Waals surface area contributed by atoms with Gasteiger partial charge in [0.1, 0.15) is 11.7 Å². The number of benzene rings is 2. The SMILES string of the molecule is COC1(c2cc(-c3ccc(C)cc3)n(-c3ccc(CO)cc3)n2)CCC(OC(=O)N(C)C)CC1. The number of rotatable bonds is 6. The van der Waals surface area contributed by atoms with Crippen LogP contribution < -0.4 is 0 Å². The number of hydrogen-bond donors (Lipinski definition) is 1. The van der Waals surface area contributed by atoms with Crippen LogP contribution in [-0.2, 0) is 21.7 Å². The van der Waals surface area contributed by atoms with Crippen molar-refractivity contribution in [1.29, 1.82) is 0 Å². The second-order valence-electron chi connectivity index (χ2n) is 9.19. The van der Waals surface area contributed by atoms with E-state index in [1.807, 2.05) is 28.9 Å². The summed E-state index contributed by atoms with van der Waals surface area (Å²) in [5.74, 6) is 0. The molecule has 1 saturated carbocycles. The molecule has 1 N–H and O–H groups in total. The van der Waals surface area contributed by atoms with E-state index in [1.165, 1.54) is 10.5 Å². The number of aromatic nitrogens is 2. The molecule has 0 spiro atoms. The summed E-state index contributed by atoms with van der Waals surface area (Å²) in [5.41, 5.74) is 5.33. The van der Waals surface area contributed by atoms with Gasteiger partial charge in [-0.05, 0) is 56.4 Å². The van der Waals surface area contributed by atoms with E-state index in [4.69, 9.17) is 14.6 Å². The van der Waals surface area contributed by atoms with E-state index in [9.17, 15) is 9.90 Å². The fraction of sp³-hybridized carbons (Fsp3) is 0.407. The Hall–Kier alpha value is -3.16. The Kier molecular flexibility index (Phi) is 7.05. The first-order valence-corrected chi connectivity index (χ1v) is 11.7. The summed E-state index contributed by atoms with van der Waals surface area (Å²) in [5, 5.41) is 14.5. The normalized spacial score (nSPS) is 20.2. The molecule has 180 valence electrons. The first-order valence-electron chi connectivity index (χ1n) is 11.7. The third-order valence-corrected chi connectivity index (χ3v) is 6.65. The minimum atomic E-state index is -0.545. The molecule has 0 atom stereocenters. The first kappa shape index (κ1) is 24.0. The molecule has 34 heavy (non-hydrogen) atoms. The molecular weight excluding hydrogens is 430 g/mol. The Morgan fingerprint density at radius 3 is 2.32 bits per heavy atom. The largest absolute Gasteiger partial charge is 0.446 e. The van der Waals surface area contributed by atoms with Gasteiger partial charge in [0.2, 0.25) is 0 Å². The maximum atomic E-state index is 12.0. The van der Waals surface area contributed by atoms with Crippen molar-refractivity contribution in [2.75, 3.05) is 21.2 Å². The van der Waals surface area contributed by atoms with Gasteiger partial charge < -0.3 is 19.5 Å². The topological polar surface area (TPSA) is 76.8 Å². The number of nitrogens with zero attached hydrogens (tertiary/aromatic N) is 3. The highest BCUT2D eigenvalue weighted by Gasteiger charge is 2.41. The van der Waals surface area contributed by atoms with Gasteiger partial charge in [0, 0.05) is 26.8 Å². The van der Waals surface area contributed by atoms with Crippen molar-refractivity contribution < 1.29 is 19.4 Å². The zero-order valence-corrected chi connectivity index (χ0v) is 20.3. The number of hydrogen-bond acceptors (Lipinski definition) is 5. The van der Waals surface area contributed by atoms with Gasteiger partial charge in [0.05, 0.1) is 23.7 Å². The first-order chi connectivity index (χ1) is 16.3. The second kappa shape index (κ2) is 9.99.